The first kappa shape index (κ1) is 17.0. The number of aliphatic hydroxyl groups is 1. The molecule has 1 aliphatic rings. The quantitative estimate of drug-likeness (QED) is 0.619. The average Bonchev–Trinajstić information content (AvgIpc) is 3.25. The van der Waals surface area contributed by atoms with Gasteiger partial charge in [0.15, 0.2) is 11.5 Å². The maximum absolute atomic E-state index is 12.8. The van der Waals surface area contributed by atoms with Crippen molar-refractivity contribution >= 4 is 11.7 Å². The zero-order valence-corrected chi connectivity index (χ0v) is 13.8. The van der Waals surface area contributed by atoms with Crippen LogP contribution in [0.1, 0.15) is 28.6 Å². The highest BCUT2D eigenvalue weighted by Crippen LogP contribution is 2.38. The van der Waals surface area contributed by atoms with Gasteiger partial charge in [0.25, 0.3) is 5.91 Å². The summed E-state index contributed by atoms with van der Waals surface area (Å²) in [5.74, 6) is -1.47. The van der Waals surface area contributed by atoms with Gasteiger partial charge < -0.3 is 19.2 Å². The Kier molecular flexibility index (Phi) is 5.00. The van der Waals surface area contributed by atoms with E-state index < -0.39 is 23.5 Å². The van der Waals surface area contributed by atoms with E-state index in [1.54, 1.807) is 13.2 Å². The minimum absolute atomic E-state index is 0.0450. The largest absolute Gasteiger partial charge is 0.503 e. The number of ether oxygens (including phenoxy) is 1. The minimum Gasteiger partial charge on any atom is -0.503 e. The van der Waals surface area contributed by atoms with Crippen LogP contribution in [0.3, 0.4) is 0 Å². The summed E-state index contributed by atoms with van der Waals surface area (Å²) in [6, 6.07) is 11.6. The second kappa shape index (κ2) is 7.36. The van der Waals surface area contributed by atoms with Crippen LogP contribution in [0.15, 0.2) is 64.5 Å². The number of carbonyl (C=O) groups is 2. The maximum atomic E-state index is 12.8. The highest BCUT2D eigenvalue weighted by molar-refractivity contribution is 6.14. The van der Waals surface area contributed by atoms with Gasteiger partial charge in [-0.1, -0.05) is 30.3 Å². The number of furan rings is 1. The first-order valence-electron chi connectivity index (χ1n) is 8.01. The Morgan fingerprint density at radius 3 is 2.64 bits per heavy atom. The van der Waals surface area contributed by atoms with Crippen molar-refractivity contribution in [2.45, 2.75) is 12.5 Å². The van der Waals surface area contributed by atoms with Gasteiger partial charge in [-0.15, -0.1) is 0 Å². The minimum atomic E-state index is -0.650. The number of rotatable bonds is 7. The second-order valence-electron chi connectivity index (χ2n) is 5.73. The molecule has 3 rings (SSSR count). The Hall–Kier alpha value is -2.86. The number of carbonyl (C=O) groups excluding carboxylic acids is 2. The first-order chi connectivity index (χ1) is 12.1. The smallest absolute Gasteiger partial charge is 0.290 e. The molecule has 0 aliphatic carbocycles. The summed E-state index contributed by atoms with van der Waals surface area (Å²) < 4.78 is 10.2. The van der Waals surface area contributed by atoms with Gasteiger partial charge in [-0.2, -0.15) is 0 Å². The van der Waals surface area contributed by atoms with Crippen LogP contribution in [0, 0.1) is 0 Å². The first-order valence-corrected chi connectivity index (χ1v) is 8.01. The third-order valence-corrected chi connectivity index (χ3v) is 4.16. The summed E-state index contributed by atoms with van der Waals surface area (Å²) in [4.78, 5) is 26.9. The Morgan fingerprint density at radius 2 is 2.00 bits per heavy atom. The number of amides is 1. The third-order valence-electron chi connectivity index (χ3n) is 4.16. The molecule has 6 nitrogen and oxygen atoms in total. The van der Waals surface area contributed by atoms with Gasteiger partial charge in [0.05, 0.1) is 17.9 Å². The molecule has 130 valence electrons. The summed E-state index contributed by atoms with van der Waals surface area (Å²) in [6.45, 7) is 0.846. The molecule has 0 saturated heterocycles. The molecule has 0 fully saturated rings. The molecule has 2 heterocycles. The summed E-state index contributed by atoms with van der Waals surface area (Å²) >= 11 is 0. The van der Waals surface area contributed by atoms with E-state index in [0.29, 0.717) is 19.6 Å². The predicted octanol–water partition coefficient (Wildman–Crippen LogP) is 2.89. The van der Waals surface area contributed by atoms with E-state index in [2.05, 4.69) is 0 Å². The molecule has 1 aliphatic heterocycles. The fourth-order valence-corrected chi connectivity index (χ4v) is 3.02. The van der Waals surface area contributed by atoms with Gasteiger partial charge in [0, 0.05) is 20.3 Å². The number of aliphatic hydroxyl groups excluding tert-OH is 1. The number of ketones is 1. The lowest BCUT2D eigenvalue weighted by Crippen LogP contribution is -2.32. The number of methoxy groups -OCH3 is 1. The average molecular weight is 341 g/mol. The van der Waals surface area contributed by atoms with E-state index in [1.165, 1.54) is 17.2 Å². The summed E-state index contributed by atoms with van der Waals surface area (Å²) in [5, 5.41) is 10.4. The lowest BCUT2D eigenvalue weighted by atomic mass is 9.95. The fraction of sp³-hybridized carbons (Fsp3) is 0.263. The van der Waals surface area contributed by atoms with Crippen molar-refractivity contribution < 1.29 is 23.8 Å². The topological polar surface area (TPSA) is 80.0 Å². The molecule has 0 bridgehead atoms. The van der Waals surface area contributed by atoms with Gasteiger partial charge in [0.2, 0.25) is 5.78 Å². The molecule has 1 amide bonds. The van der Waals surface area contributed by atoms with Crippen molar-refractivity contribution in [3.8, 4) is 0 Å². The van der Waals surface area contributed by atoms with Crippen LogP contribution in [-0.4, -0.2) is 42.0 Å². The molecule has 2 aromatic rings. The van der Waals surface area contributed by atoms with E-state index in [4.69, 9.17) is 9.15 Å². The summed E-state index contributed by atoms with van der Waals surface area (Å²) in [7, 11) is 1.59. The molecule has 0 radical (unpaired) electrons. The van der Waals surface area contributed by atoms with Gasteiger partial charge in [-0.25, -0.2) is 0 Å². The molecule has 1 N–H and O–H groups in total. The normalized spacial score (nSPS) is 17.4. The fourth-order valence-electron chi connectivity index (χ4n) is 3.02. The standard InChI is InChI=1S/C19H19NO5/c1-24-11-6-10-20-16(13-7-3-2-4-8-13)15(18(22)19(20)23)17(21)14-9-5-12-25-14/h2-5,7-9,12,16,22H,6,10-11H2,1H3/t16-/m0/s1. The van der Waals surface area contributed by atoms with Crippen molar-refractivity contribution in [3.63, 3.8) is 0 Å². The van der Waals surface area contributed by atoms with Gasteiger partial charge >= 0.3 is 0 Å². The summed E-state index contributed by atoms with van der Waals surface area (Å²) in [6.07, 6.45) is 1.98. The molecule has 0 spiro atoms. The third kappa shape index (κ3) is 3.21. The Balaban J connectivity index is 2.01. The number of nitrogens with zero attached hydrogens (tertiary/aromatic N) is 1. The van der Waals surface area contributed by atoms with Crippen LogP contribution in [0.5, 0.6) is 0 Å². The highest BCUT2D eigenvalue weighted by Gasteiger charge is 2.43. The van der Waals surface area contributed by atoms with Crippen molar-refractivity contribution in [2.75, 3.05) is 20.3 Å². The van der Waals surface area contributed by atoms with Gasteiger partial charge in [0.1, 0.15) is 0 Å². The van der Waals surface area contributed by atoms with Crippen molar-refractivity contribution in [1.82, 2.24) is 4.90 Å². The molecule has 0 saturated carbocycles. The Labute approximate surface area is 145 Å². The van der Waals surface area contributed by atoms with E-state index in [1.807, 2.05) is 30.3 Å². The van der Waals surface area contributed by atoms with Crippen LogP contribution in [0.25, 0.3) is 0 Å². The lowest BCUT2D eigenvalue weighted by molar-refractivity contribution is -0.129. The SMILES string of the molecule is COCCCN1C(=O)C(O)=C(C(=O)c2ccco2)[C@@H]1c1ccccc1. The van der Waals surface area contributed by atoms with E-state index in [0.717, 1.165) is 5.56 Å². The van der Waals surface area contributed by atoms with E-state index >= 15 is 0 Å². The highest BCUT2D eigenvalue weighted by atomic mass is 16.5. The van der Waals surface area contributed by atoms with Crippen LogP contribution < -0.4 is 0 Å². The number of hydrogen-bond donors (Lipinski definition) is 1. The van der Waals surface area contributed by atoms with Gasteiger partial charge in [-0.3, -0.25) is 9.59 Å². The van der Waals surface area contributed by atoms with Crippen LogP contribution in [0.4, 0.5) is 0 Å². The Morgan fingerprint density at radius 1 is 1.24 bits per heavy atom. The van der Waals surface area contributed by atoms with Crippen molar-refractivity contribution in [3.05, 3.63) is 71.4 Å². The molecule has 1 aromatic heterocycles. The molecule has 1 atom stereocenters. The van der Waals surface area contributed by atoms with Crippen molar-refractivity contribution in [2.24, 2.45) is 0 Å². The molecule has 0 unspecified atom stereocenters. The predicted molar refractivity (Wildman–Crippen MR) is 90.1 cm³/mol. The molecular weight excluding hydrogens is 322 g/mol. The number of benzene rings is 1. The zero-order valence-electron chi connectivity index (χ0n) is 13.8. The molecule has 1 aromatic carbocycles. The molecule has 6 heteroatoms. The van der Waals surface area contributed by atoms with E-state index in [-0.39, 0.29) is 11.3 Å². The van der Waals surface area contributed by atoms with E-state index in [9.17, 15) is 14.7 Å². The second-order valence-corrected chi connectivity index (χ2v) is 5.73. The molecule has 25 heavy (non-hydrogen) atoms. The van der Waals surface area contributed by atoms with Crippen molar-refractivity contribution in [1.29, 1.82) is 0 Å². The molecular formula is C19H19NO5. The lowest BCUT2D eigenvalue weighted by Gasteiger charge is -2.26. The van der Waals surface area contributed by atoms with Crippen LogP contribution in [0.2, 0.25) is 0 Å². The van der Waals surface area contributed by atoms with Gasteiger partial charge in [-0.05, 0) is 24.1 Å². The van der Waals surface area contributed by atoms with Crippen LogP contribution in [-0.2, 0) is 9.53 Å². The van der Waals surface area contributed by atoms with Crippen LogP contribution >= 0.6 is 0 Å². The summed E-state index contributed by atoms with van der Waals surface area (Å²) in [5.41, 5.74) is 0.802. The zero-order chi connectivity index (χ0) is 17.8. The monoisotopic (exact) mass is 341 g/mol. The number of Topliss-reactive ketones (excluding diaryl/α,β-unsaturated/α-hetero) is 1. The number of hydrogen-bond acceptors (Lipinski definition) is 5. The maximum Gasteiger partial charge on any atom is 0.290 e. The Bertz CT molecular complexity index is 779.